The molecule has 6 heteroatoms. The first kappa shape index (κ1) is 19.3. The minimum Gasteiger partial charge on any atom is -0.511 e. The number of benzene rings is 1. The first-order valence-electron chi connectivity index (χ1n) is 9.83. The van der Waals surface area contributed by atoms with Crippen LogP contribution in [0.25, 0.3) is 0 Å². The highest BCUT2D eigenvalue weighted by Gasteiger charge is 2.31. The SMILES string of the molecule is CC(C)CC1CC(O)=C(C(=O)Nc2ccc(N3CCCCC3)cc2)C(=O)N1. The van der Waals surface area contributed by atoms with Gasteiger partial charge < -0.3 is 20.6 Å². The van der Waals surface area contributed by atoms with Gasteiger partial charge in [0.1, 0.15) is 11.3 Å². The van der Waals surface area contributed by atoms with Gasteiger partial charge in [0.2, 0.25) is 0 Å². The van der Waals surface area contributed by atoms with Crippen molar-refractivity contribution in [2.75, 3.05) is 23.3 Å². The number of nitrogens with one attached hydrogen (secondary N) is 2. The first-order valence-corrected chi connectivity index (χ1v) is 9.83. The van der Waals surface area contributed by atoms with Crippen LogP contribution in [0, 0.1) is 5.92 Å². The van der Waals surface area contributed by atoms with E-state index in [0.29, 0.717) is 18.0 Å². The lowest BCUT2D eigenvalue weighted by Crippen LogP contribution is -2.44. The van der Waals surface area contributed by atoms with Crippen LogP contribution < -0.4 is 15.5 Å². The standard InChI is InChI=1S/C21H29N3O3/c1-14(2)12-16-13-18(25)19(21(27)23-16)20(26)22-15-6-8-17(9-7-15)24-10-4-3-5-11-24/h6-9,14,16,25H,3-5,10-13H2,1-2H3,(H,22,26)(H,23,27). The summed E-state index contributed by atoms with van der Waals surface area (Å²) in [5.41, 5.74) is 1.56. The molecule has 27 heavy (non-hydrogen) atoms. The number of aliphatic hydroxyl groups excluding tert-OH is 1. The zero-order valence-electron chi connectivity index (χ0n) is 16.1. The summed E-state index contributed by atoms with van der Waals surface area (Å²) in [6, 6.07) is 7.51. The summed E-state index contributed by atoms with van der Waals surface area (Å²) in [7, 11) is 0. The molecule has 3 N–H and O–H groups in total. The number of rotatable bonds is 5. The van der Waals surface area contributed by atoms with Gasteiger partial charge in [-0.05, 0) is 55.9 Å². The summed E-state index contributed by atoms with van der Waals surface area (Å²) in [5.74, 6) is -0.811. The van der Waals surface area contributed by atoms with Crippen LogP contribution in [0.15, 0.2) is 35.6 Å². The fraction of sp³-hybridized carbons (Fsp3) is 0.524. The van der Waals surface area contributed by atoms with E-state index in [9.17, 15) is 14.7 Å². The molecule has 0 saturated carbocycles. The van der Waals surface area contributed by atoms with Gasteiger partial charge in [0, 0.05) is 36.9 Å². The van der Waals surface area contributed by atoms with Crippen LogP contribution >= 0.6 is 0 Å². The summed E-state index contributed by atoms with van der Waals surface area (Å²) in [6.07, 6.45) is 4.75. The van der Waals surface area contributed by atoms with E-state index < -0.39 is 11.8 Å². The largest absolute Gasteiger partial charge is 0.511 e. The Morgan fingerprint density at radius 3 is 2.48 bits per heavy atom. The van der Waals surface area contributed by atoms with Crippen molar-refractivity contribution in [3.8, 4) is 0 Å². The van der Waals surface area contributed by atoms with Crippen LogP contribution in [-0.2, 0) is 9.59 Å². The highest BCUT2D eigenvalue weighted by atomic mass is 16.3. The van der Waals surface area contributed by atoms with Crippen LogP contribution in [0.4, 0.5) is 11.4 Å². The monoisotopic (exact) mass is 371 g/mol. The Bertz CT molecular complexity index is 719. The van der Waals surface area contributed by atoms with Gasteiger partial charge in [-0.15, -0.1) is 0 Å². The van der Waals surface area contributed by atoms with E-state index in [1.165, 1.54) is 19.3 Å². The molecule has 146 valence electrons. The van der Waals surface area contributed by atoms with Gasteiger partial charge in [0.05, 0.1) is 0 Å². The minimum absolute atomic E-state index is 0.127. The summed E-state index contributed by atoms with van der Waals surface area (Å²) < 4.78 is 0. The topological polar surface area (TPSA) is 81.7 Å². The molecule has 1 aromatic carbocycles. The molecule has 1 aromatic rings. The van der Waals surface area contributed by atoms with E-state index in [0.717, 1.165) is 25.2 Å². The molecule has 2 heterocycles. The third-order valence-electron chi connectivity index (χ3n) is 5.12. The lowest BCUT2D eigenvalue weighted by atomic mass is 9.95. The molecule has 1 unspecified atom stereocenters. The van der Waals surface area contributed by atoms with Crippen LogP contribution in [0.1, 0.15) is 46.0 Å². The summed E-state index contributed by atoms with van der Waals surface area (Å²) in [4.78, 5) is 27.1. The number of carbonyl (C=O) groups is 2. The summed E-state index contributed by atoms with van der Waals surface area (Å²) in [6.45, 7) is 6.24. The van der Waals surface area contributed by atoms with Gasteiger partial charge in [-0.1, -0.05) is 13.8 Å². The molecular weight excluding hydrogens is 342 g/mol. The number of carbonyl (C=O) groups excluding carboxylic acids is 2. The molecule has 1 saturated heterocycles. The van der Waals surface area contributed by atoms with E-state index in [2.05, 4.69) is 29.4 Å². The first-order chi connectivity index (χ1) is 12.9. The van der Waals surface area contributed by atoms with Crippen molar-refractivity contribution >= 4 is 23.2 Å². The molecule has 2 aliphatic heterocycles. The molecular formula is C21H29N3O3. The number of anilines is 2. The zero-order valence-corrected chi connectivity index (χ0v) is 16.1. The van der Waals surface area contributed by atoms with Crippen molar-refractivity contribution in [2.24, 2.45) is 5.92 Å². The summed E-state index contributed by atoms with van der Waals surface area (Å²) in [5, 5.41) is 15.8. The fourth-order valence-electron chi connectivity index (χ4n) is 3.82. The summed E-state index contributed by atoms with van der Waals surface area (Å²) >= 11 is 0. The van der Waals surface area contributed by atoms with Gasteiger partial charge >= 0.3 is 0 Å². The highest BCUT2D eigenvalue weighted by molar-refractivity contribution is 6.23. The van der Waals surface area contributed by atoms with Gasteiger partial charge in [-0.2, -0.15) is 0 Å². The number of amides is 2. The van der Waals surface area contributed by atoms with Gasteiger partial charge in [-0.3, -0.25) is 9.59 Å². The van der Waals surface area contributed by atoms with Gasteiger partial charge in [-0.25, -0.2) is 0 Å². The predicted octanol–water partition coefficient (Wildman–Crippen LogP) is 3.36. The normalized spacial score (nSPS) is 20.6. The van der Waals surface area contributed by atoms with Crippen molar-refractivity contribution in [1.29, 1.82) is 0 Å². The number of hydrogen-bond acceptors (Lipinski definition) is 4. The average Bonchev–Trinajstić information content (AvgIpc) is 2.62. The van der Waals surface area contributed by atoms with Crippen LogP contribution in [-0.4, -0.2) is 36.1 Å². The molecule has 3 rings (SSSR count). The number of hydrogen-bond donors (Lipinski definition) is 3. The minimum atomic E-state index is -0.571. The van der Waals surface area contributed by atoms with Crippen molar-refractivity contribution in [1.82, 2.24) is 5.32 Å². The Labute approximate surface area is 160 Å². The Kier molecular flexibility index (Phi) is 6.04. The number of nitrogens with zero attached hydrogens (tertiary/aromatic N) is 1. The van der Waals surface area contributed by atoms with Gasteiger partial charge in [0.15, 0.2) is 0 Å². The van der Waals surface area contributed by atoms with E-state index >= 15 is 0 Å². The quantitative estimate of drug-likeness (QED) is 0.693. The fourth-order valence-corrected chi connectivity index (χ4v) is 3.82. The van der Waals surface area contributed by atoms with Crippen LogP contribution in [0.2, 0.25) is 0 Å². The molecule has 0 spiro atoms. The molecule has 0 radical (unpaired) electrons. The average molecular weight is 371 g/mol. The molecule has 0 aliphatic carbocycles. The van der Waals surface area contributed by atoms with E-state index in [1.54, 1.807) is 0 Å². The van der Waals surface area contributed by atoms with E-state index in [4.69, 9.17) is 0 Å². The number of aliphatic hydroxyl groups is 1. The maximum Gasteiger partial charge on any atom is 0.264 e. The molecule has 0 aromatic heterocycles. The van der Waals surface area contributed by atoms with Crippen molar-refractivity contribution in [2.45, 2.75) is 52.0 Å². The molecule has 2 aliphatic rings. The Hall–Kier alpha value is -2.50. The number of piperidine rings is 1. The second-order valence-corrected chi connectivity index (χ2v) is 7.87. The third kappa shape index (κ3) is 4.81. The zero-order chi connectivity index (χ0) is 19.4. The second-order valence-electron chi connectivity index (χ2n) is 7.87. The Balaban J connectivity index is 1.65. The van der Waals surface area contributed by atoms with Crippen molar-refractivity contribution in [3.05, 3.63) is 35.6 Å². The molecule has 1 atom stereocenters. The highest BCUT2D eigenvalue weighted by Crippen LogP contribution is 2.24. The lowest BCUT2D eigenvalue weighted by Gasteiger charge is -2.29. The van der Waals surface area contributed by atoms with E-state index in [-0.39, 0.29) is 17.4 Å². The smallest absolute Gasteiger partial charge is 0.264 e. The van der Waals surface area contributed by atoms with E-state index in [1.807, 2.05) is 24.3 Å². The predicted molar refractivity (Wildman–Crippen MR) is 107 cm³/mol. The molecule has 1 fully saturated rings. The Morgan fingerprint density at radius 1 is 1.22 bits per heavy atom. The van der Waals surface area contributed by atoms with Gasteiger partial charge in [0.25, 0.3) is 11.8 Å². The Morgan fingerprint density at radius 2 is 1.89 bits per heavy atom. The van der Waals surface area contributed by atoms with Crippen molar-refractivity contribution in [3.63, 3.8) is 0 Å². The molecule has 2 amide bonds. The maximum atomic E-state index is 12.5. The lowest BCUT2D eigenvalue weighted by molar-refractivity contribution is -0.123. The van der Waals surface area contributed by atoms with Crippen LogP contribution in [0.3, 0.4) is 0 Å². The molecule has 0 bridgehead atoms. The third-order valence-corrected chi connectivity index (χ3v) is 5.12. The van der Waals surface area contributed by atoms with Crippen molar-refractivity contribution < 1.29 is 14.7 Å². The maximum absolute atomic E-state index is 12.5. The second kappa shape index (κ2) is 8.46. The molecule has 6 nitrogen and oxygen atoms in total. The van der Waals surface area contributed by atoms with Crippen LogP contribution in [0.5, 0.6) is 0 Å².